The normalized spacial score (nSPS) is 14.3. The van der Waals surface area contributed by atoms with Crippen molar-refractivity contribution >= 4 is 11.3 Å². The summed E-state index contributed by atoms with van der Waals surface area (Å²) in [5, 5.41) is 4.36. The summed E-state index contributed by atoms with van der Waals surface area (Å²) in [5.74, 6) is 0. The fourth-order valence-electron chi connectivity index (χ4n) is 1.39. The number of aryl methyl sites for hydroxylation is 1. The van der Waals surface area contributed by atoms with Gasteiger partial charge in [-0.3, -0.25) is 0 Å². The maximum Gasteiger partial charge on any atom is 0.00877 e. The summed E-state index contributed by atoms with van der Waals surface area (Å²) < 4.78 is 0. The Bertz CT molecular complexity index is 246. The molecule has 0 aliphatic heterocycles. The van der Waals surface area contributed by atoms with Crippen LogP contribution < -0.4 is 5.73 Å². The minimum absolute atomic E-state index is 0.245. The van der Waals surface area contributed by atoms with Crippen LogP contribution in [0.3, 0.4) is 0 Å². The van der Waals surface area contributed by atoms with Crippen molar-refractivity contribution in [3.63, 3.8) is 0 Å². The van der Waals surface area contributed by atoms with Crippen LogP contribution >= 0.6 is 11.3 Å². The molecule has 0 amide bonds. The summed E-state index contributed by atoms with van der Waals surface area (Å²) >= 11 is 1.77. The van der Waals surface area contributed by atoms with Crippen LogP contribution in [0.25, 0.3) is 0 Å². The van der Waals surface area contributed by atoms with E-state index >= 15 is 0 Å². The molecule has 0 aromatic carbocycles. The van der Waals surface area contributed by atoms with Crippen LogP contribution in [-0.4, -0.2) is 6.04 Å². The van der Waals surface area contributed by atoms with Crippen molar-refractivity contribution in [3.05, 3.63) is 22.4 Å². The Morgan fingerprint density at radius 2 is 2.14 bits per heavy atom. The Balaban J connectivity index is 2.22. The molecule has 1 aromatic rings. The Morgan fingerprint density at radius 3 is 2.64 bits per heavy atom. The van der Waals surface area contributed by atoms with Gasteiger partial charge in [0, 0.05) is 6.04 Å². The molecule has 0 fully saturated rings. The smallest absolute Gasteiger partial charge is 0.00877 e. The molecule has 2 heteroatoms. The van der Waals surface area contributed by atoms with Crippen LogP contribution in [0.1, 0.15) is 39.2 Å². The largest absolute Gasteiger partial charge is 0.327 e. The molecular weight excluding hydrogens is 190 g/mol. The van der Waals surface area contributed by atoms with Gasteiger partial charge in [0.15, 0.2) is 0 Å². The van der Waals surface area contributed by atoms with Gasteiger partial charge in [0.2, 0.25) is 0 Å². The molecule has 0 spiro atoms. The summed E-state index contributed by atoms with van der Waals surface area (Å²) in [6, 6.07) is 2.52. The van der Waals surface area contributed by atoms with Crippen LogP contribution in [0.4, 0.5) is 0 Å². The first-order valence-electron chi connectivity index (χ1n) is 5.27. The van der Waals surface area contributed by atoms with Gasteiger partial charge in [-0.05, 0) is 47.1 Å². The molecule has 0 aliphatic rings. The van der Waals surface area contributed by atoms with Crippen molar-refractivity contribution in [2.24, 2.45) is 11.1 Å². The topological polar surface area (TPSA) is 26.0 Å². The van der Waals surface area contributed by atoms with Gasteiger partial charge < -0.3 is 5.73 Å². The van der Waals surface area contributed by atoms with E-state index in [1.165, 1.54) is 18.4 Å². The van der Waals surface area contributed by atoms with Gasteiger partial charge in [-0.15, -0.1) is 0 Å². The molecule has 0 radical (unpaired) electrons. The zero-order valence-electron chi connectivity index (χ0n) is 9.42. The van der Waals surface area contributed by atoms with Crippen molar-refractivity contribution in [1.82, 2.24) is 0 Å². The van der Waals surface area contributed by atoms with Gasteiger partial charge in [0.1, 0.15) is 0 Å². The molecule has 80 valence electrons. The third kappa shape index (κ3) is 3.81. The van der Waals surface area contributed by atoms with Gasteiger partial charge in [-0.25, -0.2) is 0 Å². The molecule has 1 atom stereocenters. The molecule has 0 bridgehead atoms. The van der Waals surface area contributed by atoms with Gasteiger partial charge >= 0.3 is 0 Å². The predicted molar refractivity (Wildman–Crippen MR) is 64.7 cm³/mol. The van der Waals surface area contributed by atoms with E-state index in [0.717, 1.165) is 6.42 Å². The van der Waals surface area contributed by atoms with E-state index in [0.29, 0.717) is 6.04 Å². The zero-order chi connectivity index (χ0) is 10.6. The van der Waals surface area contributed by atoms with Gasteiger partial charge in [-0.2, -0.15) is 11.3 Å². The van der Waals surface area contributed by atoms with Crippen LogP contribution in [0.5, 0.6) is 0 Å². The fourth-order valence-corrected chi connectivity index (χ4v) is 2.10. The number of rotatable bonds is 4. The maximum atomic E-state index is 6.09. The van der Waals surface area contributed by atoms with Gasteiger partial charge in [0.25, 0.3) is 0 Å². The Hall–Kier alpha value is -0.340. The first-order chi connectivity index (χ1) is 6.50. The minimum Gasteiger partial charge on any atom is -0.327 e. The Kier molecular flexibility index (Phi) is 4.14. The highest BCUT2D eigenvalue weighted by molar-refractivity contribution is 7.07. The van der Waals surface area contributed by atoms with E-state index in [4.69, 9.17) is 5.73 Å². The highest BCUT2D eigenvalue weighted by atomic mass is 32.1. The van der Waals surface area contributed by atoms with Crippen molar-refractivity contribution in [1.29, 1.82) is 0 Å². The first kappa shape index (κ1) is 11.7. The summed E-state index contributed by atoms with van der Waals surface area (Å²) in [6.07, 6.45) is 3.50. The molecule has 14 heavy (non-hydrogen) atoms. The van der Waals surface area contributed by atoms with E-state index in [2.05, 4.69) is 37.6 Å². The second-order valence-electron chi connectivity index (χ2n) is 5.00. The van der Waals surface area contributed by atoms with Gasteiger partial charge in [0.05, 0.1) is 0 Å². The first-order valence-corrected chi connectivity index (χ1v) is 6.21. The summed E-state index contributed by atoms with van der Waals surface area (Å²) in [4.78, 5) is 0. The van der Waals surface area contributed by atoms with Gasteiger partial charge in [-0.1, -0.05) is 20.8 Å². The van der Waals surface area contributed by atoms with E-state index < -0.39 is 0 Å². The standard InChI is InChI=1S/C12H21NS/c1-12(2,3)11(13)6-4-5-10-7-8-14-9-10/h7-9,11H,4-6,13H2,1-3H3. The van der Waals surface area contributed by atoms with Crippen molar-refractivity contribution in [2.75, 3.05) is 0 Å². The molecular formula is C12H21NS. The monoisotopic (exact) mass is 211 g/mol. The average molecular weight is 211 g/mol. The summed E-state index contributed by atoms with van der Waals surface area (Å²) in [6.45, 7) is 6.63. The molecule has 1 nitrogen and oxygen atoms in total. The number of nitrogens with two attached hydrogens (primary N) is 1. The molecule has 1 rings (SSSR count). The number of thiophene rings is 1. The second kappa shape index (κ2) is 4.94. The molecule has 2 N–H and O–H groups in total. The van der Waals surface area contributed by atoms with Crippen LogP contribution in [0, 0.1) is 5.41 Å². The summed E-state index contributed by atoms with van der Waals surface area (Å²) in [7, 11) is 0. The van der Waals surface area contributed by atoms with Crippen LogP contribution in [0.2, 0.25) is 0 Å². The lowest BCUT2D eigenvalue weighted by Crippen LogP contribution is -2.34. The van der Waals surface area contributed by atoms with E-state index in [1.54, 1.807) is 11.3 Å². The van der Waals surface area contributed by atoms with Crippen LogP contribution in [0.15, 0.2) is 16.8 Å². The SMILES string of the molecule is CC(C)(C)C(N)CCCc1ccsc1. The average Bonchev–Trinajstić information content (AvgIpc) is 2.55. The summed E-state index contributed by atoms with van der Waals surface area (Å²) in [5.41, 5.74) is 7.79. The van der Waals surface area contributed by atoms with E-state index in [9.17, 15) is 0 Å². The second-order valence-corrected chi connectivity index (χ2v) is 5.78. The van der Waals surface area contributed by atoms with Crippen molar-refractivity contribution in [2.45, 2.75) is 46.1 Å². The highest BCUT2D eigenvalue weighted by Crippen LogP contribution is 2.21. The maximum absolute atomic E-state index is 6.09. The molecule has 1 unspecified atom stereocenters. The number of hydrogen-bond donors (Lipinski definition) is 1. The Morgan fingerprint density at radius 1 is 1.43 bits per heavy atom. The highest BCUT2D eigenvalue weighted by Gasteiger charge is 2.19. The lowest BCUT2D eigenvalue weighted by Gasteiger charge is -2.26. The third-order valence-corrected chi connectivity index (χ3v) is 3.41. The quantitative estimate of drug-likeness (QED) is 0.811. The van der Waals surface area contributed by atoms with Crippen LogP contribution in [-0.2, 0) is 6.42 Å². The molecule has 0 aliphatic carbocycles. The fraction of sp³-hybridized carbons (Fsp3) is 0.667. The minimum atomic E-state index is 0.245. The lowest BCUT2D eigenvalue weighted by atomic mass is 9.84. The zero-order valence-corrected chi connectivity index (χ0v) is 10.2. The van der Waals surface area contributed by atoms with E-state index in [-0.39, 0.29) is 5.41 Å². The number of hydrogen-bond acceptors (Lipinski definition) is 2. The molecule has 0 saturated heterocycles. The molecule has 1 heterocycles. The molecule has 0 saturated carbocycles. The predicted octanol–water partition coefficient (Wildman–Crippen LogP) is 3.44. The van der Waals surface area contributed by atoms with Crippen molar-refractivity contribution in [3.8, 4) is 0 Å². The third-order valence-electron chi connectivity index (χ3n) is 2.67. The van der Waals surface area contributed by atoms with E-state index in [1.807, 2.05) is 0 Å². The lowest BCUT2D eigenvalue weighted by molar-refractivity contribution is 0.301. The Labute approximate surface area is 91.3 Å². The molecule has 1 aromatic heterocycles. The van der Waals surface area contributed by atoms with Crippen molar-refractivity contribution < 1.29 is 0 Å².